The Hall–Kier alpha value is -1.80. The molecule has 2 aliphatic heterocycles. The molecule has 0 spiro atoms. The number of hydrogen-bond donors (Lipinski definition) is 1. The number of nitrogens with zero attached hydrogens (tertiary/aromatic N) is 3. The predicted molar refractivity (Wildman–Crippen MR) is 90.5 cm³/mol. The van der Waals surface area contributed by atoms with Crippen molar-refractivity contribution in [3.05, 3.63) is 29.8 Å². The van der Waals surface area contributed by atoms with E-state index in [0.29, 0.717) is 19.6 Å². The van der Waals surface area contributed by atoms with Crippen LogP contribution in [0.15, 0.2) is 24.3 Å². The number of fused-ring (bicyclic) bond motifs is 1. The SMILES string of the molecule is CN(C)C(=O)N1CCN(Cc2cccc(O)c2)[C@H]2CS(=O)(=O)C[C@H]21. The molecule has 7 nitrogen and oxygen atoms in total. The molecule has 0 saturated carbocycles. The number of phenolic OH excluding ortho intramolecular Hbond substituents is 1. The number of hydrogen-bond acceptors (Lipinski definition) is 5. The highest BCUT2D eigenvalue weighted by molar-refractivity contribution is 7.91. The van der Waals surface area contributed by atoms with Gasteiger partial charge in [0.1, 0.15) is 5.75 Å². The molecule has 2 atom stereocenters. The Morgan fingerprint density at radius 2 is 1.96 bits per heavy atom. The standard InChI is InChI=1S/C16H23N3O4S/c1-17(2)16(21)19-7-6-18(9-12-4-3-5-13(20)8-12)14-10-24(22,23)11-15(14)19/h3-5,8,14-15,20H,6-7,9-11H2,1-2H3/t14-,15+/m0/s1. The van der Waals surface area contributed by atoms with E-state index in [1.54, 1.807) is 37.2 Å². The molecule has 2 saturated heterocycles. The van der Waals surface area contributed by atoms with Crippen LogP contribution in [-0.2, 0) is 16.4 Å². The van der Waals surface area contributed by atoms with E-state index in [-0.39, 0.29) is 35.4 Å². The Bertz CT molecular complexity index is 735. The van der Waals surface area contributed by atoms with E-state index in [1.165, 1.54) is 4.90 Å². The number of amides is 2. The average Bonchev–Trinajstić information content (AvgIpc) is 2.82. The molecule has 132 valence electrons. The van der Waals surface area contributed by atoms with Crippen molar-refractivity contribution in [1.82, 2.24) is 14.7 Å². The zero-order valence-electron chi connectivity index (χ0n) is 13.9. The Labute approximate surface area is 142 Å². The summed E-state index contributed by atoms with van der Waals surface area (Å²) in [6.45, 7) is 1.69. The van der Waals surface area contributed by atoms with Crippen molar-refractivity contribution in [2.45, 2.75) is 18.6 Å². The smallest absolute Gasteiger partial charge is 0.319 e. The number of urea groups is 1. The molecule has 2 heterocycles. The van der Waals surface area contributed by atoms with Crippen molar-refractivity contribution in [1.29, 1.82) is 0 Å². The molecule has 8 heteroatoms. The lowest BCUT2D eigenvalue weighted by molar-refractivity contribution is 0.0520. The van der Waals surface area contributed by atoms with Crippen molar-refractivity contribution < 1.29 is 18.3 Å². The molecule has 2 amide bonds. The lowest BCUT2D eigenvalue weighted by atomic mass is 10.0. The maximum Gasteiger partial charge on any atom is 0.319 e. The van der Waals surface area contributed by atoms with Gasteiger partial charge in [0.25, 0.3) is 0 Å². The van der Waals surface area contributed by atoms with Crippen molar-refractivity contribution in [3.63, 3.8) is 0 Å². The Kier molecular flexibility index (Phi) is 4.44. The van der Waals surface area contributed by atoms with Crippen LogP contribution >= 0.6 is 0 Å². The van der Waals surface area contributed by atoms with Crippen LogP contribution < -0.4 is 0 Å². The van der Waals surface area contributed by atoms with Crippen LogP contribution in [0.3, 0.4) is 0 Å². The molecule has 3 rings (SSSR count). The van der Waals surface area contributed by atoms with Gasteiger partial charge in [0, 0.05) is 39.8 Å². The van der Waals surface area contributed by atoms with Crippen LogP contribution in [0.4, 0.5) is 4.79 Å². The molecule has 0 aromatic heterocycles. The molecular weight excluding hydrogens is 330 g/mol. The van der Waals surface area contributed by atoms with Gasteiger partial charge in [0.2, 0.25) is 0 Å². The first-order valence-electron chi connectivity index (χ1n) is 7.97. The van der Waals surface area contributed by atoms with E-state index in [1.807, 2.05) is 6.07 Å². The van der Waals surface area contributed by atoms with Crippen molar-refractivity contribution in [2.24, 2.45) is 0 Å². The van der Waals surface area contributed by atoms with Crippen LogP contribution in [0.25, 0.3) is 0 Å². The summed E-state index contributed by atoms with van der Waals surface area (Å²) < 4.78 is 24.3. The number of benzene rings is 1. The van der Waals surface area contributed by atoms with Gasteiger partial charge in [-0.15, -0.1) is 0 Å². The van der Waals surface area contributed by atoms with Crippen molar-refractivity contribution in [3.8, 4) is 5.75 Å². The summed E-state index contributed by atoms with van der Waals surface area (Å²) in [5, 5.41) is 9.62. The fourth-order valence-corrected chi connectivity index (χ4v) is 5.62. The lowest BCUT2D eigenvalue weighted by Gasteiger charge is -2.44. The molecule has 1 aromatic rings. The number of piperazine rings is 1. The highest BCUT2D eigenvalue weighted by atomic mass is 32.2. The highest BCUT2D eigenvalue weighted by Crippen LogP contribution is 2.29. The molecule has 0 unspecified atom stereocenters. The van der Waals surface area contributed by atoms with Gasteiger partial charge in [-0.05, 0) is 17.7 Å². The first-order chi connectivity index (χ1) is 11.3. The number of aromatic hydroxyl groups is 1. The number of phenols is 1. The van der Waals surface area contributed by atoms with E-state index in [9.17, 15) is 18.3 Å². The summed E-state index contributed by atoms with van der Waals surface area (Å²) in [5.74, 6) is 0.297. The quantitative estimate of drug-likeness (QED) is 0.830. The minimum Gasteiger partial charge on any atom is -0.508 e. The summed E-state index contributed by atoms with van der Waals surface area (Å²) in [6, 6.07) is 6.34. The van der Waals surface area contributed by atoms with Gasteiger partial charge in [0.15, 0.2) is 9.84 Å². The molecule has 0 bridgehead atoms. The topological polar surface area (TPSA) is 81.2 Å². The second-order valence-corrected chi connectivity index (χ2v) is 8.88. The maximum atomic E-state index is 12.4. The van der Waals surface area contributed by atoms with Crippen molar-refractivity contribution in [2.75, 3.05) is 38.7 Å². The third kappa shape index (κ3) is 3.34. The minimum absolute atomic E-state index is 0.0216. The van der Waals surface area contributed by atoms with Crippen LogP contribution in [0.5, 0.6) is 5.75 Å². The maximum absolute atomic E-state index is 12.4. The van der Waals surface area contributed by atoms with Crippen LogP contribution in [0.1, 0.15) is 5.56 Å². The fraction of sp³-hybridized carbons (Fsp3) is 0.562. The van der Waals surface area contributed by atoms with Gasteiger partial charge in [-0.25, -0.2) is 13.2 Å². The van der Waals surface area contributed by atoms with Crippen LogP contribution in [0.2, 0.25) is 0 Å². The van der Waals surface area contributed by atoms with E-state index < -0.39 is 9.84 Å². The molecule has 0 radical (unpaired) electrons. The normalized spacial score (nSPS) is 26.2. The summed E-state index contributed by atoms with van der Waals surface area (Å²) >= 11 is 0. The van der Waals surface area contributed by atoms with Gasteiger partial charge >= 0.3 is 6.03 Å². The average molecular weight is 353 g/mol. The second-order valence-electron chi connectivity index (χ2n) is 6.72. The summed E-state index contributed by atoms with van der Waals surface area (Å²) in [7, 11) is 0.203. The third-order valence-corrected chi connectivity index (χ3v) is 6.41. The third-order valence-electron chi connectivity index (χ3n) is 4.72. The molecule has 1 N–H and O–H groups in total. The van der Waals surface area contributed by atoms with E-state index in [4.69, 9.17) is 0 Å². The van der Waals surface area contributed by atoms with Crippen molar-refractivity contribution >= 4 is 15.9 Å². The summed E-state index contributed by atoms with van der Waals surface area (Å²) in [4.78, 5) is 17.7. The van der Waals surface area contributed by atoms with Gasteiger partial charge in [-0.1, -0.05) is 12.1 Å². The molecule has 1 aromatic carbocycles. The van der Waals surface area contributed by atoms with Gasteiger partial charge < -0.3 is 14.9 Å². The Morgan fingerprint density at radius 3 is 2.62 bits per heavy atom. The minimum atomic E-state index is -3.16. The number of carbonyl (C=O) groups excluding carboxylic acids is 1. The second kappa shape index (κ2) is 6.25. The van der Waals surface area contributed by atoms with Gasteiger partial charge in [-0.3, -0.25) is 4.90 Å². The molecule has 0 aliphatic carbocycles. The Morgan fingerprint density at radius 1 is 1.25 bits per heavy atom. The first-order valence-corrected chi connectivity index (χ1v) is 9.79. The van der Waals surface area contributed by atoms with E-state index in [2.05, 4.69) is 4.90 Å². The van der Waals surface area contributed by atoms with Crippen LogP contribution in [0, 0.1) is 0 Å². The van der Waals surface area contributed by atoms with E-state index in [0.717, 1.165) is 5.56 Å². The summed E-state index contributed by atoms with van der Waals surface area (Å²) in [6.07, 6.45) is 0. The lowest BCUT2D eigenvalue weighted by Crippen LogP contribution is -2.61. The fourth-order valence-electron chi connectivity index (χ4n) is 3.60. The van der Waals surface area contributed by atoms with Gasteiger partial charge in [0.05, 0.1) is 17.5 Å². The predicted octanol–water partition coefficient (Wildman–Crippen LogP) is 0.357. The van der Waals surface area contributed by atoms with E-state index >= 15 is 0 Å². The zero-order chi connectivity index (χ0) is 17.5. The number of sulfone groups is 1. The van der Waals surface area contributed by atoms with Gasteiger partial charge in [-0.2, -0.15) is 0 Å². The molecular formula is C16H23N3O4S. The zero-order valence-corrected chi connectivity index (χ0v) is 14.7. The number of rotatable bonds is 2. The Balaban J connectivity index is 1.83. The first kappa shape index (κ1) is 17.0. The summed E-state index contributed by atoms with van der Waals surface area (Å²) in [5.41, 5.74) is 0.936. The molecule has 2 fully saturated rings. The molecule has 2 aliphatic rings. The monoisotopic (exact) mass is 353 g/mol. The number of carbonyl (C=O) groups is 1. The highest BCUT2D eigenvalue weighted by Gasteiger charge is 2.48. The molecule has 24 heavy (non-hydrogen) atoms. The largest absolute Gasteiger partial charge is 0.508 e. The van der Waals surface area contributed by atoms with Crippen LogP contribution in [-0.4, -0.2) is 85.0 Å².